The van der Waals surface area contributed by atoms with Gasteiger partial charge in [-0.3, -0.25) is 0 Å². The number of hydrogen-bond acceptors (Lipinski definition) is 2. The second-order valence-corrected chi connectivity index (χ2v) is 6.55. The van der Waals surface area contributed by atoms with Gasteiger partial charge in [0.2, 0.25) is 10.0 Å². The lowest BCUT2D eigenvalue weighted by atomic mass is 10.2. The Kier molecular flexibility index (Phi) is 4.29. The Morgan fingerprint density at radius 1 is 1.26 bits per heavy atom. The minimum atomic E-state index is -3.48. The van der Waals surface area contributed by atoms with Gasteiger partial charge in [-0.2, -0.15) is 4.31 Å². The molecule has 0 radical (unpaired) electrons. The first-order valence-electron chi connectivity index (χ1n) is 5.77. The zero-order valence-corrected chi connectivity index (χ0v) is 12.1. The summed E-state index contributed by atoms with van der Waals surface area (Å²) < 4.78 is 26.0. The first kappa shape index (κ1) is 14.1. The van der Waals surface area contributed by atoms with Gasteiger partial charge in [-0.15, -0.1) is 11.6 Å². The molecule has 0 atom stereocenters. The van der Waals surface area contributed by atoms with Crippen LogP contribution in [0.25, 0.3) is 0 Å². The number of hydrogen-bond donors (Lipinski definition) is 1. The predicted molar refractivity (Wildman–Crippen MR) is 75.4 cm³/mol. The number of halogens is 1. The van der Waals surface area contributed by atoms with E-state index in [0.717, 1.165) is 5.56 Å². The average Bonchev–Trinajstić information content (AvgIpc) is 2.89. The first-order valence-corrected chi connectivity index (χ1v) is 7.75. The number of rotatable bonds is 5. The summed E-state index contributed by atoms with van der Waals surface area (Å²) in [5.41, 5.74) is 1.63. The van der Waals surface area contributed by atoms with Crippen molar-refractivity contribution < 1.29 is 8.42 Å². The van der Waals surface area contributed by atoms with E-state index in [2.05, 4.69) is 4.98 Å². The number of nitrogens with zero attached hydrogens (tertiary/aromatic N) is 1. The van der Waals surface area contributed by atoms with Gasteiger partial charge in [0.15, 0.2) is 0 Å². The third kappa shape index (κ3) is 3.18. The molecule has 0 saturated heterocycles. The molecule has 6 heteroatoms. The van der Waals surface area contributed by atoms with Crippen LogP contribution in [0.4, 0.5) is 0 Å². The average molecular weight is 299 g/mol. The van der Waals surface area contributed by atoms with Crippen molar-refractivity contribution in [2.45, 2.75) is 17.3 Å². The molecule has 4 nitrogen and oxygen atoms in total. The lowest BCUT2D eigenvalue weighted by molar-refractivity contribution is 0.467. The summed E-state index contributed by atoms with van der Waals surface area (Å²) >= 11 is 5.66. The van der Waals surface area contributed by atoms with Crippen molar-refractivity contribution >= 4 is 21.6 Å². The molecular weight excluding hydrogens is 284 g/mol. The lowest BCUT2D eigenvalue weighted by Gasteiger charge is -2.16. The van der Waals surface area contributed by atoms with Gasteiger partial charge in [-0.25, -0.2) is 8.42 Å². The molecule has 2 rings (SSSR count). The van der Waals surface area contributed by atoms with E-state index in [9.17, 15) is 8.42 Å². The molecule has 0 fully saturated rings. The maximum absolute atomic E-state index is 12.3. The Bertz CT molecular complexity index is 638. The van der Waals surface area contributed by atoms with Gasteiger partial charge in [0.1, 0.15) is 0 Å². The normalized spacial score (nSPS) is 11.9. The summed E-state index contributed by atoms with van der Waals surface area (Å²) in [5.74, 6) is 0.262. The van der Waals surface area contributed by atoms with Gasteiger partial charge in [0.25, 0.3) is 0 Å². The summed E-state index contributed by atoms with van der Waals surface area (Å²) in [6.45, 7) is 0.338. The number of nitrogens with one attached hydrogen (secondary N) is 1. The molecule has 0 aliphatic rings. The topological polar surface area (TPSA) is 53.2 Å². The van der Waals surface area contributed by atoms with Crippen molar-refractivity contribution in [1.29, 1.82) is 0 Å². The van der Waals surface area contributed by atoms with E-state index in [1.807, 2.05) is 30.3 Å². The minimum absolute atomic E-state index is 0.238. The van der Waals surface area contributed by atoms with Crippen molar-refractivity contribution in [3.8, 4) is 0 Å². The highest BCUT2D eigenvalue weighted by molar-refractivity contribution is 7.89. The SMILES string of the molecule is CN(Cc1ccccc1)S(=O)(=O)c1c[nH]c(CCl)c1. The quantitative estimate of drug-likeness (QED) is 0.863. The first-order chi connectivity index (χ1) is 9.04. The molecule has 0 saturated carbocycles. The minimum Gasteiger partial charge on any atom is -0.363 e. The zero-order valence-electron chi connectivity index (χ0n) is 10.5. The van der Waals surface area contributed by atoms with Crippen molar-refractivity contribution in [2.75, 3.05) is 7.05 Å². The summed E-state index contributed by atoms with van der Waals surface area (Å²) in [6, 6.07) is 11.0. The van der Waals surface area contributed by atoms with Crippen LogP contribution in [0, 0.1) is 0 Å². The maximum atomic E-state index is 12.3. The Morgan fingerprint density at radius 2 is 1.95 bits per heavy atom. The number of aromatic amines is 1. The largest absolute Gasteiger partial charge is 0.363 e. The zero-order chi connectivity index (χ0) is 13.9. The third-order valence-electron chi connectivity index (χ3n) is 2.82. The van der Waals surface area contributed by atoms with E-state index in [1.54, 1.807) is 13.1 Å². The van der Waals surface area contributed by atoms with Gasteiger partial charge in [-0.1, -0.05) is 30.3 Å². The molecule has 2 aromatic rings. The van der Waals surface area contributed by atoms with Crippen LogP contribution in [0.3, 0.4) is 0 Å². The van der Waals surface area contributed by atoms with Crippen LogP contribution >= 0.6 is 11.6 Å². The van der Waals surface area contributed by atoms with E-state index in [4.69, 9.17) is 11.6 Å². The van der Waals surface area contributed by atoms with Gasteiger partial charge >= 0.3 is 0 Å². The maximum Gasteiger partial charge on any atom is 0.244 e. The van der Waals surface area contributed by atoms with Crippen molar-refractivity contribution in [1.82, 2.24) is 9.29 Å². The second kappa shape index (κ2) is 5.77. The molecule has 0 unspecified atom stereocenters. The van der Waals surface area contributed by atoms with Crippen LogP contribution < -0.4 is 0 Å². The highest BCUT2D eigenvalue weighted by Gasteiger charge is 2.22. The van der Waals surface area contributed by atoms with Crippen molar-refractivity contribution in [3.63, 3.8) is 0 Å². The predicted octanol–water partition coefficient (Wildman–Crippen LogP) is 2.57. The highest BCUT2D eigenvalue weighted by atomic mass is 35.5. The summed E-state index contributed by atoms with van der Waals surface area (Å²) in [7, 11) is -1.92. The van der Waals surface area contributed by atoms with Crippen LogP contribution in [-0.4, -0.2) is 24.8 Å². The van der Waals surface area contributed by atoms with Crippen LogP contribution in [0.5, 0.6) is 0 Å². The molecule has 0 aliphatic carbocycles. The van der Waals surface area contributed by atoms with E-state index in [0.29, 0.717) is 12.2 Å². The molecule has 1 N–H and O–H groups in total. The van der Waals surface area contributed by atoms with E-state index in [1.165, 1.54) is 10.5 Å². The number of H-pyrrole nitrogens is 1. The molecule has 19 heavy (non-hydrogen) atoms. The number of sulfonamides is 1. The smallest absolute Gasteiger partial charge is 0.244 e. The monoisotopic (exact) mass is 298 g/mol. The third-order valence-corrected chi connectivity index (χ3v) is 4.89. The van der Waals surface area contributed by atoms with Gasteiger partial charge in [0.05, 0.1) is 10.8 Å². The molecule has 0 spiro atoms. The van der Waals surface area contributed by atoms with Crippen LogP contribution in [0.1, 0.15) is 11.3 Å². The number of benzene rings is 1. The van der Waals surface area contributed by atoms with Crippen LogP contribution in [-0.2, 0) is 22.4 Å². The molecule has 1 heterocycles. The molecule has 1 aromatic heterocycles. The van der Waals surface area contributed by atoms with E-state index < -0.39 is 10.0 Å². The van der Waals surface area contributed by atoms with Crippen molar-refractivity contribution in [2.24, 2.45) is 0 Å². The summed E-state index contributed by atoms with van der Waals surface area (Å²) in [4.78, 5) is 3.08. The molecule has 0 aliphatic heterocycles. The Labute approximate surface area is 118 Å². The Balaban J connectivity index is 2.19. The van der Waals surface area contributed by atoms with Crippen LogP contribution in [0.2, 0.25) is 0 Å². The standard InChI is InChI=1S/C13H15ClN2O2S/c1-16(10-11-5-3-2-4-6-11)19(17,18)13-7-12(8-14)15-9-13/h2-7,9,15H,8,10H2,1H3. The Morgan fingerprint density at radius 3 is 2.53 bits per heavy atom. The molecular formula is C13H15ClN2O2S. The number of aromatic nitrogens is 1. The van der Waals surface area contributed by atoms with E-state index >= 15 is 0 Å². The van der Waals surface area contributed by atoms with Gasteiger partial charge in [0, 0.05) is 25.5 Å². The lowest BCUT2D eigenvalue weighted by Crippen LogP contribution is -2.26. The second-order valence-electron chi connectivity index (χ2n) is 4.24. The fourth-order valence-electron chi connectivity index (χ4n) is 1.75. The van der Waals surface area contributed by atoms with Gasteiger partial charge in [-0.05, 0) is 11.6 Å². The number of alkyl halides is 1. The molecule has 102 valence electrons. The molecule has 0 bridgehead atoms. The fourth-order valence-corrected chi connectivity index (χ4v) is 3.08. The Hall–Kier alpha value is -1.30. The molecule has 0 amide bonds. The van der Waals surface area contributed by atoms with Crippen LogP contribution in [0.15, 0.2) is 47.5 Å². The highest BCUT2D eigenvalue weighted by Crippen LogP contribution is 2.18. The van der Waals surface area contributed by atoms with Gasteiger partial charge < -0.3 is 4.98 Å². The summed E-state index contributed by atoms with van der Waals surface area (Å²) in [6.07, 6.45) is 1.47. The van der Waals surface area contributed by atoms with E-state index in [-0.39, 0.29) is 10.8 Å². The fraction of sp³-hybridized carbons (Fsp3) is 0.231. The van der Waals surface area contributed by atoms with Crippen molar-refractivity contribution in [3.05, 3.63) is 53.9 Å². The summed E-state index contributed by atoms with van der Waals surface area (Å²) in [5, 5.41) is 0. The molecule has 1 aromatic carbocycles.